The van der Waals surface area contributed by atoms with Crippen LogP contribution in [0.5, 0.6) is 0 Å². The Kier molecular flexibility index (Phi) is 3.09. The summed E-state index contributed by atoms with van der Waals surface area (Å²) >= 11 is 1.76. The van der Waals surface area contributed by atoms with Crippen molar-refractivity contribution in [2.24, 2.45) is 0 Å². The SMILES string of the molecule is Cc1ccccc1-c1sc2nc(-c3ccccc3)cn2c1C. The molecule has 0 unspecified atom stereocenters. The van der Waals surface area contributed by atoms with Crippen LogP contribution >= 0.6 is 11.3 Å². The first-order valence-corrected chi connectivity index (χ1v) is 8.15. The highest BCUT2D eigenvalue weighted by Crippen LogP contribution is 2.35. The molecule has 0 aliphatic rings. The molecule has 0 atom stereocenters. The predicted molar refractivity (Wildman–Crippen MR) is 93.4 cm³/mol. The van der Waals surface area contributed by atoms with Gasteiger partial charge in [0.25, 0.3) is 0 Å². The third kappa shape index (κ3) is 2.06. The smallest absolute Gasteiger partial charge is 0.195 e. The van der Waals surface area contributed by atoms with E-state index in [4.69, 9.17) is 4.98 Å². The quantitative estimate of drug-likeness (QED) is 0.488. The molecule has 2 heterocycles. The fourth-order valence-electron chi connectivity index (χ4n) is 2.78. The van der Waals surface area contributed by atoms with Crippen LogP contribution in [0.4, 0.5) is 0 Å². The second kappa shape index (κ2) is 5.11. The van der Waals surface area contributed by atoms with Gasteiger partial charge in [0, 0.05) is 17.5 Å². The van der Waals surface area contributed by atoms with Crippen LogP contribution in [0.2, 0.25) is 0 Å². The monoisotopic (exact) mass is 304 g/mol. The summed E-state index contributed by atoms with van der Waals surface area (Å²) < 4.78 is 2.20. The van der Waals surface area contributed by atoms with Crippen molar-refractivity contribution in [3.63, 3.8) is 0 Å². The molecule has 0 aliphatic carbocycles. The van der Waals surface area contributed by atoms with Gasteiger partial charge in [-0.1, -0.05) is 65.9 Å². The number of aromatic nitrogens is 2. The Bertz CT molecular complexity index is 948. The molecule has 0 N–H and O–H groups in total. The zero-order valence-electron chi connectivity index (χ0n) is 12.6. The average molecular weight is 304 g/mol. The van der Waals surface area contributed by atoms with E-state index in [0.29, 0.717) is 0 Å². The molecular formula is C19H16N2S. The van der Waals surface area contributed by atoms with Gasteiger partial charge in [0.1, 0.15) is 0 Å². The minimum atomic E-state index is 1.03. The third-order valence-corrected chi connectivity index (χ3v) is 5.21. The van der Waals surface area contributed by atoms with E-state index in [1.807, 2.05) is 18.2 Å². The zero-order valence-corrected chi connectivity index (χ0v) is 13.4. The maximum atomic E-state index is 4.80. The molecule has 4 aromatic rings. The van der Waals surface area contributed by atoms with E-state index in [1.165, 1.54) is 21.7 Å². The van der Waals surface area contributed by atoms with Crippen molar-refractivity contribution in [2.75, 3.05) is 0 Å². The van der Waals surface area contributed by atoms with E-state index in [9.17, 15) is 0 Å². The third-order valence-electron chi connectivity index (χ3n) is 4.02. The lowest BCUT2D eigenvalue weighted by Gasteiger charge is -2.03. The molecule has 2 nitrogen and oxygen atoms in total. The number of hydrogen-bond acceptors (Lipinski definition) is 2. The lowest BCUT2D eigenvalue weighted by molar-refractivity contribution is 1.13. The lowest BCUT2D eigenvalue weighted by Crippen LogP contribution is -1.86. The molecule has 22 heavy (non-hydrogen) atoms. The Morgan fingerprint density at radius 1 is 0.909 bits per heavy atom. The molecule has 0 aliphatic heterocycles. The van der Waals surface area contributed by atoms with Crippen molar-refractivity contribution in [3.8, 4) is 21.7 Å². The molecule has 2 aromatic heterocycles. The van der Waals surface area contributed by atoms with E-state index < -0.39 is 0 Å². The maximum Gasteiger partial charge on any atom is 0.195 e. The van der Waals surface area contributed by atoms with Gasteiger partial charge < -0.3 is 0 Å². The second-order valence-electron chi connectivity index (χ2n) is 5.48. The van der Waals surface area contributed by atoms with E-state index in [0.717, 1.165) is 16.2 Å². The van der Waals surface area contributed by atoms with E-state index in [2.05, 4.69) is 60.8 Å². The zero-order chi connectivity index (χ0) is 15.1. The number of thiazole rings is 1. The Morgan fingerprint density at radius 2 is 1.64 bits per heavy atom. The van der Waals surface area contributed by atoms with Crippen molar-refractivity contribution < 1.29 is 0 Å². The van der Waals surface area contributed by atoms with Gasteiger partial charge in [-0.05, 0) is 25.0 Å². The molecule has 0 fully saturated rings. The fraction of sp³-hybridized carbons (Fsp3) is 0.105. The Hall–Kier alpha value is -2.39. The van der Waals surface area contributed by atoms with Gasteiger partial charge >= 0.3 is 0 Å². The molecule has 2 aromatic carbocycles. The number of rotatable bonds is 2. The van der Waals surface area contributed by atoms with Crippen LogP contribution in [0.1, 0.15) is 11.3 Å². The Balaban J connectivity index is 1.87. The highest BCUT2D eigenvalue weighted by atomic mass is 32.1. The number of nitrogens with zero attached hydrogens (tertiary/aromatic N) is 2. The van der Waals surface area contributed by atoms with Gasteiger partial charge in [0.15, 0.2) is 4.96 Å². The molecule has 0 saturated carbocycles. The molecule has 0 radical (unpaired) electrons. The van der Waals surface area contributed by atoms with Crippen LogP contribution in [0.3, 0.4) is 0 Å². The topological polar surface area (TPSA) is 17.3 Å². The summed E-state index contributed by atoms with van der Waals surface area (Å²) in [6.07, 6.45) is 2.14. The van der Waals surface area contributed by atoms with E-state index in [-0.39, 0.29) is 0 Å². The highest BCUT2D eigenvalue weighted by molar-refractivity contribution is 7.20. The van der Waals surface area contributed by atoms with Crippen molar-refractivity contribution in [3.05, 3.63) is 72.1 Å². The first kappa shape index (κ1) is 13.3. The Morgan fingerprint density at radius 3 is 2.36 bits per heavy atom. The van der Waals surface area contributed by atoms with Crippen LogP contribution in [0.15, 0.2) is 60.8 Å². The van der Waals surface area contributed by atoms with Crippen LogP contribution in [0.25, 0.3) is 26.7 Å². The van der Waals surface area contributed by atoms with Gasteiger partial charge in [0.2, 0.25) is 0 Å². The first-order chi connectivity index (χ1) is 10.7. The number of benzene rings is 2. The van der Waals surface area contributed by atoms with Crippen molar-refractivity contribution in [1.29, 1.82) is 0 Å². The molecule has 0 spiro atoms. The number of fused-ring (bicyclic) bond motifs is 1. The van der Waals surface area contributed by atoms with Crippen LogP contribution in [-0.2, 0) is 0 Å². The maximum absolute atomic E-state index is 4.80. The largest absolute Gasteiger partial charge is 0.294 e. The van der Waals surface area contributed by atoms with Gasteiger partial charge in [0.05, 0.1) is 10.6 Å². The molecule has 4 rings (SSSR count). The molecule has 3 heteroatoms. The van der Waals surface area contributed by atoms with Crippen LogP contribution in [-0.4, -0.2) is 9.38 Å². The molecule has 0 bridgehead atoms. The number of imidazole rings is 1. The van der Waals surface area contributed by atoms with Crippen LogP contribution in [0, 0.1) is 13.8 Å². The first-order valence-electron chi connectivity index (χ1n) is 7.34. The van der Waals surface area contributed by atoms with Gasteiger partial charge in [-0.15, -0.1) is 0 Å². The number of aryl methyl sites for hydroxylation is 2. The van der Waals surface area contributed by atoms with Crippen molar-refractivity contribution >= 4 is 16.3 Å². The highest BCUT2D eigenvalue weighted by Gasteiger charge is 2.14. The summed E-state index contributed by atoms with van der Waals surface area (Å²) in [5.41, 5.74) is 6.06. The van der Waals surface area contributed by atoms with Gasteiger partial charge in [-0.3, -0.25) is 4.40 Å². The molecular weight excluding hydrogens is 288 g/mol. The average Bonchev–Trinajstić information content (AvgIpc) is 3.09. The summed E-state index contributed by atoms with van der Waals surface area (Å²) in [6.45, 7) is 4.33. The van der Waals surface area contributed by atoms with Crippen molar-refractivity contribution in [1.82, 2.24) is 9.38 Å². The molecule has 108 valence electrons. The molecule has 0 saturated heterocycles. The second-order valence-corrected chi connectivity index (χ2v) is 6.45. The fourth-order valence-corrected chi connectivity index (χ4v) is 3.98. The summed E-state index contributed by atoms with van der Waals surface area (Å²) in [6, 6.07) is 18.9. The minimum absolute atomic E-state index is 1.03. The Labute approximate surface area is 133 Å². The number of hydrogen-bond donors (Lipinski definition) is 0. The normalized spacial score (nSPS) is 11.2. The summed E-state index contributed by atoms with van der Waals surface area (Å²) in [7, 11) is 0. The van der Waals surface area contributed by atoms with Crippen molar-refractivity contribution in [2.45, 2.75) is 13.8 Å². The van der Waals surface area contributed by atoms with E-state index >= 15 is 0 Å². The van der Waals surface area contributed by atoms with Gasteiger partial charge in [-0.2, -0.15) is 0 Å². The minimum Gasteiger partial charge on any atom is -0.294 e. The summed E-state index contributed by atoms with van der Waals surface area (Å²) in [4.78, 5) is 7.16. The summed E-state index contributed by atoms with van der Waals surface area (Å²) in [5.74, 6) is 0. The van der Waals surface area contributed by atoms with E-state index in [1.54, 1.807) is 11.3 Å². The standard InChI is InChI=1S/C19H16N2S/c1-13-8-6-7-11-16(13)18-14(2)21-12-17(20-19(21)22-18)15-9-4-3-5-10-15/h3-12H,1-2H3. The summed E-state index contributed by atoms with van der Waals surface area (Å²) in [5, 5.41) is 0. The molecule has 0 amide bonds. The predicted octanol–water partition coefficient (Wildman–Crippen LogP) is 5.35. The van der Waals surface area contributed by atoms with Gasteiger partial charge in [-0.25, -0.2) is 4.98 Å². The van der Waals surface area contributed by atoms with Crippen LogP contribution < -0.4 is 0 Å². The lowest BCUT2D eigenvalue weighted by atomic mass is 10.1.